The normalized spacial score (nSPS) is 18.4. The third-order valence-electron chi connectivity index (χ3n) is 9.43. The van der Waals surface area contributed by atoms with Crippen molar-refractivity contribution in [2.45, 2.75) is 32.2 Å². The predicted octanol–water partition coefficient (Wildman–Crippen LogP) is 4.54. The highest BCUT2D eigenvalue weighted by atomic mass is 35.5. The molecule has 2 aromatic carbocycles. The van der Waals surface area contributed by atoms with E-state index in [4.69, 9.17) is 21.3 Å². The van der Waals surface area contributed by atoms with Gasteiger partial charge in [-0.05, 0) is 54.7 Å². The SMILES string of the molecule is COc1nc(-c2cccc(-c3cccc(NC(=O)c4ccnn(C)c4=O)c3C)c2Cl)cc2c1[C@@H](N1CC3(CNC(=O)C3)C1)CC2. The minimum absolute atomic E-state index is 0.00969. The minimum atomic E-state index is -0.507. The standard InChI is InChI=1S/C34H33ClN6O4/c1-19-21(6-5-9-25(19)38-31(43)24-12-13-37-40(2)33(24)44)22-7-4-8-23(30(22)35)26-14-20-10-11-27(29(20)32(39-26)45-3)41-17-34(18-41)15-28(42)36-16-34/h4-9,12-14,27H,10-11,15-18H2,1-3H3,(H,36,42)(H,38,43)/t27-/m0/s1. The second-order valence-corrected chi connectivity index (χ2v) is 12.7. The molecule has 2 N–H and O–H groups in total. The van der Waals surface area contributed by atoms with Crippen LogP contribution in [-0.4, -0.2) is 58.2 Å². The van der Waals surface area contributed by atoms with Crippen molar-refractivity contribution in [3.63, 3.8) is 0 Å². The van der Waals surface area contributed by atoms with Crippen LogP contribution in [0.25, 0.3) is 22.4 Å². The number of aryl methyl sites for hydroxylation is 2. The maximum Gasteiger partial charge on any atom is 0.279 e. The molecule has 45 heavy (non-hydrogen) atoms. The molecular formula is C34H33ClN6O4. The fraction of sp³-hybridized carbons (Fsp3) is 0.324. The molecule has 2 saturated heterocycles. The number of anilines is 1. The van der Waals surface area contributed by atoms with Gasteiger partial charge in [0.05, 0.1) is 17.8 Å². The number of amides is 2. The summed E-state index contributed by atoms with van der Waals surface area (Å²) in [7, 11) is 3.16. The van der Waals surface area contributed by atoms with E-state index in [2.05, 4.69) is 26.7 Å². The Morgan fingerprint density at radius 2 is 1.87 bits per heavy atom. The van der Waals surface area contributed by atoms with Crippen LogP contribution in [0.4, 0.5) is 5.69 Å². The van der Waals surface area contributed by atoms with E-state index in [0.29, 0.717) is 23.0 Å². The van der Waals surface area contributed by atoms with Gasteiger partial charge in [0.1, 0.15) is 5.56 Å². The van der Waals surface area contributed by atoms with E-state index >= 15 is 0 Å². The Labute approximate surface area is 265 Å². The lowest BCUT2D eigenvalue weighted by molar-refractivity contribution is -0.121. The van der Waals surface area contributed by atoms with Crippen LogP contribution in [0, 0.1) is 12.3 Å². The second kappa shape index (κ2) is 11.1. The van der Waals surface area contributed by atoms with Gasteiger partial charge in [0, 0.05) is 73.1 Å². The summed E-state index contributed by atoms with van der Waals surface area (Å²) in [4.78, 5) is 44.7. The van der Waals surface area contributed by atoms with Crippen molar-refractivity contribution in [2.75, 3.05) is 32.1 Å². The van der Waals surface area contributed by atoms with Gasteiger partial charge in [0.15, 0.2) is 0 Å². The van der Waals surface area contributed by atoms with E-state index in [-0.39, 0.29) is 22.9 Å². The van der Waals surface area contributed by atoms with Gasteiger partial charge < -0.3 is 15.4 Å². The van der Waals surface area contributed by atoms with Crippen LogP contribution < -0.4 is 20.9 Å². The monoisotopic (exact) mass is 624 g/mol. The number of likely N-dealkylation sites (tertiary alicyclic amines) is 1. The third kappa shape index (κ3) is 4.98. The highest BCUT2D eigenvalue weighted by Crippen LogP contribution is 2.49. The number of pyridine rings is 1. The summed E-state index contributed by atoms with van der Waals surface area (Å²) in [5.74, 6) is 0.247. The summed E-state index contributed by atoms with van der Waals surface area (Å²) < 4.78 is 6.99. The van der Waals surface area contributed by atoms with Crippen LogP contribution >= 0.6 is 11.6 Å². The number of fused-ring (bicyclic) bond motifs is 1. The van der Waals surface area contributed by atoms with Crippen molar-refractivity contribution < 1.29 is 14.3 Å². The Morgan fingerprint density at radius 1 is 1.11 bits per heavy atom. The van der Waals surface area contributed by atoms with Crippen molar-refractivity contribution in [1.82, 2.24) is 25.0 Å². The van der Waals surface area contributed by atoms with Gasteiger partial charge in [-0.1, -0.05) is 41.9 Å². The number of hydrogen-bond donors (Lipinski definition) is 2. The molecule has 0 radical (unpaired) electrons. The lowest BCUT2D eigenvalue weighted by Gasteiger charge is -2.50. The van der Waals surface area contributed by atoms with Crippen LogP contribution in [0.5, 0.6) is 5.88 Å². The molecule has 4 heterocycles. The lowest BCUT2D eigenvalue weighted by Crippen LogP contribution is -2.58. The molecule has 2 amide bonds. The summed E-state index contributed by atoms with van der Waals surface area (Å²) in [5, 5.41) is 10.3. The first-order valence-electron chi connectivity index (χ1n) is 15.0. The topological polar surface area (TPSA) is 118 Å². The number of benzene rings is 2. The fourth-order valence-electron chi connectivity index (χ4n) is 7.12. The smallest absolute Gasteiger partial charge is 0.279 e. The van der Waals surface area contributed by atoms with Crippen molar-refractivity contribution in [3.05, 3.63) is 92.4 Å². The molecule has 1 atom stereocenters. The Balaban J connectivity index is 1.18. The first kappa shape index (κ1) is 29.2. The number of nitrogens with zero attached hydrogens (tertiary/aromatic N) is 4. The molecule has 0 bridgehead atoms. The highest BCUT2D eigenvalue weighted by Gasteiger charge is 2.51. The molecule has 0 saturated carbocycles. The number of ether oxygens (including phenoxy) is 1. The van der Waals surface area contributed by atoms with E-state index in [1.54, 1.807) is 13.2 Å². The zero-order valence-corrected chi connectivity index (χ0v) is 26.1. The van der Waals surface area contributed by atoms with Gasteiger partial charge in [-0.15, -0.1) is 0 Å². The molecule has 1 spiro atoms. The average molecular weight is 625 g/mol. The number of methoxy groups -OCH3 is 1. The van der Waals surface area contributed by atoms with Gasteiger partial charge in [0.2, 0.25) is 11.8 Å². The summed E-state index contributed by atoms with van der Waals surface area (Å²) in [6.07, 6.45) is 3.91. The molecule has 230 valence electrons. The van der Waals surface area contributed by atoms with Gasteiger partial charge in [-0.2, -0.15) is 5.10 Å². The average Bonchev–Trinajstić information content (AvgIpc) is 3.62. The van der Waals surface area contributed by atoms with Crippen LogP contribution in [0.3, 0.4) is 0 Å². The second-order valence-electron chi connectivity index (χ2n) is 12.3. The molecule has 2 aromatic heterocycles. The summed E-state index contributed by atoms with van der Waals surface area (Å²) in [5.41, 5.74) is 6.48. The van der Waals surface area contributed by atoms with Gasteiger partial charge in [-0.25, -0.2) is 9.67 Å². The summed E-state index contributed by atoms with van der Waals surface area (Å²) in [6, 6.07) is 15.2. The van der Waals surface area contributed by atoms with Crippen LogP contribution in [-0.2, 0) is 18.3 Å². The molecule has 7 rings (SSSR count). The molecular weight excluding hydrogens is 592 g/mol. The zero-order valence-electron chi connectivity index (χ0n) is 25.3. The fourth-order valence-corrected chi connectivity index (χ4v) is 7.45. The van der Waals surface area contributed by atoms with Crippen molar-refractivity contribution >= 4 is 29.1 Å². The summed E-state index contributed by atoms with van der Waals surface area (Å²) in [6.45, 7) is 4.46. The maximum atomic E-state index is 13.0. The minimum Gasteiger partial charge on any atom is -0.481 e. The first-order valence-corrected chi connectivity index (χ1v) is 15.4. The van der Waals surface area contributed by atoms with Crippen molar-refractivity contribution in [2.24, 2.45) is 12.5 Å². The zero-order chi connectivity index (χ0) is 31.5. The van der Waals surface area contributed by atoms with Crippen LogP contribution in [0.15, 0.2) is 59.5 Å². The lowest BCUT2D eigenvalue weighted by atomic mass is 9.77. The molecule has 10 nitrogen and oxygen atoms in total. The number of nitrogens with one attached hydrogen (secondary N) is 2. The van der Waals surface area contributed by atoms with E-state index in [1.165, 1.54) is 24.9 Å². The Hall–Kier alpha value is -4.54. The summed E-state index contributed by atoms with van der Waals surface area (Å²) >= 11 is 7.12. The van der Waals surface area contributed by atoms with E-state index in [9.17, 15) is 14.4 Å². The molecule has 3 aliphatic rings. The molecule has 2 aliphatic heterocycles. The third-order valence-corrected chi connectivity index (χ3v) is 9.84. The molecule has 2 fully saturated rings. The Bertz CT molecular complexity index is 1930. The van der Waals surface area contributed by atoms with E-state index in [0.717, 1.165) is 70.7 Å². The van der Waals surface area contributed by atoms with Gasteiger partial charge in [0.25, 0.3) is 11.5 Å². The quantitative estimate of drug-likeness (QED) is 0.323. The number of halogens is 1. The largest absolute Gasteiger partial charge is 0.481 e. The number of carbonyl (C=O) groups is 2. The molecule has 0 unspecified atom stereocenters. The van der Waals surface area contributed by atoms with Crippen molar-refractivity contribution in [1.29, 1.82) is 0 Å². The van der Waals surface area contributed by atoms with E-state index in [1.807, 2.05) is 37.3 Å². The molecule has 1 aliphatic carbocycles. The van der Waals surface area contributed by atoms with E-state index < -0.39 is 11.5 Å². The number of aromatic nitrogens is 3. The molecule has 4 aromatic rings. The van der Waals surface area contributed by atoms with Gasteiger partial charge in [-0.3, -0.25) is 19.3 Å². The number of rotatable bonds is 6. The van der Waals surface area contributed by atoms with Crippen LogP contribution in [0.2, 0.25) is 5.02 Å². The highest BCUT2D eigenvalue weighted by molar-refractivity contribution is 6.36. The molecule has 11 heteroatoms. The Morgan fingerprint density at radius 3 is 2.62 bits per heavy atom. The maximum absolute atomic E-state index is 13.0. The number of hydrogen-bond acceptors (Lipinski definition) is 7. The first-order chi connectivity index (χ1) is 21.7. The predicted molar refractivity (Wildman–Crippen MR) is 172 cm³/mol. The van der Waals surface area contributed by atoms with Crippen molar-refractivity contribution in [3.8, 4) is 28.3 Å². The van der Waals surface area contributed by atoms with Crippen LogP contribution in [0.1, 0.15) is 45.9 Å². The number of carbonyl (C=O) groups excluding carboxylic acids is 2. The van der Waals surface area contributed by atoms with Gasteiger partial charge >= 0.3 is 0 Å². The Kier molecular flexibility index (Phi) is 7.21.